The molecule has 0 radical (unpaired) electrons. The van der Waals surface area contributed by atoms with Crippen molar-refractivity contribution in [1.29, 1.82) is 0 Å². The number of nitrogens with one attached hydrogen (secondary N) is 3. The molecule has 3 N–H and O–H groups in total. The summed E-state index contributed by atoms with van der Waals surface area (Å²) in [6.45, 7) is 1.80. The number of rotatable bonds is 9. The first kappa shape index (κ1) is 22.8. The average molecular weight is 493 g/mol. The van der Waals surface area contributed by atoms with E-state index in [2.05, 4.69) is 20.0 Å². The fourth-order valence-corrected chi connectivity index (χ4v) is 6.78. The van der Waals surface area contributed by atoms with Crippen molar-refractivity contribution in [3.63, 3.8) is 0 Å². The Labute approximate surface area is 194 Å². The largest absolute Gasteiger partial charge is 0.325 e. The number of nitrogens with zero attached hydrogens (tertiary/aromatic N) is 1. The van der Waals surface area contributed by atoms with Gasteiger partial charge in [-0.1, -0.05) is 6.92 Å². The van der Waals surface area contributed by atoms with E-state index >= 15 is 0 Å². The van der Waals surface area contributed by atoms with E-state index in [1.807, 2.05) is 0 Å². The van der Waals surface area contributed by atoms with Crippen LogP contribution < -0.4 is 15.6 Å². The molecule has 3 aromatic rings. The van der Waals surface area contributed by atoms with Gasteiger partial charge < -0.3 is 10.3 Å². The highest BCUT2D eigenvalue weighted by Crippen LogP contribution is 2.34. The van der Waals surface area contributed by atoms with Crippen LogP contribution in [0.4, 0.5) is 11.4 Å². The number of benzene rings is 1. The number of fused-ring (bicyclic) bond motifs is 3. The van der Waals surface area contributed by atoms with Crippen LogP contribution in [-0.2, 0) is 33.4 Å². The zero-order chi connectivity index (χ0) is 22.7. The molecule has 1 aliphatic carbocycles. The van der Waals surface area contributed by atoms with Gasteiger partial charge in [0.1, 0.15) is 10.7 Å². The number of aromatic nitrogens is 2. The monoisotopic (exact) mass is 492 g/mol. The quantitative estimate of drug-likeness (QED) is 0.420. The minimum Gasteiger partial charge on any atom is -0.325 e. The first-order valence-corrected chi connectivity index (χ1v) is 14.0. The van der Waals surface area contributed by atoms with Gasteiger partial charge in [-0.25, -0.2) is 13.4 Å². The number of sulfonamides is 1. The van der Waals surface area contributed by atoms with Gasteiger partial charge in [0.2, 0.25) is 15.9 Å². The summed E-state index contributed by atoms with van der Waals surface area (Å²) in [6.07, 6.45) is 3.60. The first-order chi connectivity index (χ1) is 15.3. The number of thiophene rings is 1. The zero-order valence-corrected chi connectivity index (χ0v) is 20.0. The number of carbonyl (C=O) groups excluding carboxylic acids is 1. The third-order valence-electron chi connectivity index (χ3n) is 5.01. The Morgan fingerprint density at radius 1 is 1.22 bits per heavy atom. The lowest BCUT2D eigenvalue weighted by Crippen LogP contribution is -2.17. The van der Waals surface area contributed by atoms with Crippen molar-refractivity contribution < 1.29 is 13.2 Å². The van der Waals surface area contributed by atoms with Gasteiger partial charge in [0, 0.05) is 16.3 Å². The van der Waals surface area contributed by atoms with Crippen molar-refractivity contribution in [2.75, 3.05) is 21.5 Å². The van der Waals surface area contributed by atoms with Crippen LogP contribution in [-0.4, -0.2) is 35.8 Å². The molecule has 11 heteroatoms. The van der Waals surface area contributed by atoms with Crippen molar-refractivity contribution >= 4 is 60.6 Å². The molecule has 1 aromatic carbocycles. The molecule has 4 rings (SSSR count). The maximum atomic E-state index is 12.5. The third kappa shape index (κ3) is 5.33. The molecule has 0 bridgehead atoms. The Morgan fingerprint density at radius 3 is 2.72 bits per heavy atom. The van der Waals surface area contributed by atoms with Crippen LogP contribution in [0.1, 0.15) is 36.0 Å². The molecule has 2 heterocycles. The topological polar surface area (TPSA) is 121 Å². The average Bonchev–Trinajstić information content (AvgIpc) is 3.30. The molecule has 170 valence electrons. The van der Waals surface area contributed by atoms with Crippen molar-refractivity contribution in [2.24, 2.45) is 0 Å². The van der Waals surface area contributed by atoms with E-state index in [4.69, 9.17) is 0 Å². The Bertz CT molecular complexity index is 1300. The van der Waals surface area contributed by atoms with Crippen LogP contribution in [0.2, 0.25) is 0 Å². The second-order valence-electron chi connectivity index (χ2n) is 7.59. The number of H-pyrrole nitrogens is 1. The summed E-state index contributed by atoms with van der Waals surface area (Å²) in [5, 5.41) is 3.51. The van der Waals surface area contributed by atoms with E-state index < -0.39 is 10.0 Å². The number of carbonyl (C=O) groups is 1. The summed E-state index contributed by atoms with van der Waals surface area (Å²) in [5.74, 6) is 1.08. The lowest BCUT2D eigenvalue weighted by Gasteiger charge is -2.09. The molecule has 2 aromatic heterocycles. The molecule has 0 saturated heterocycles. The highest BCUT2D eigenvalue weighted by Gasteiger charge is 2.21. The van der Waals surface area contributed by atoms with Gasteiger partial charge in [0.05, 0.1) is 22.6 Å². The summed E-state index contributed by atoms with van der Waals surface area (Å²) >= 11 is 2.97. The maximum Gasteiger partial charge on any atom is 0.259 e. The highest BCUT2D eigenvalue weighted by atomic mass is 32.2. The zero-order valence-electron chi connectivity index (χ0n) is 17.6. The molecule has 0 aliphatic heterocycles. The molecule has 0 saturated carbocycles. The number of hydrogen-bond acceptors (Lipinski definition) is 7. The second-order valence-corrected chi connectivity index (χ2v) is 11.5. The Balaban J connectivity index is 1.29. The molecular formula is C21H24N4O4S3. The predicted molar refractivity (Wildman–Crippen MR) is 131 cm³/mol. The summed E-state index contributed by atoms with van der Waals surface area (Å²) in [7, 11) is -3.35. The first-order valence-electron chi connectivity index (χ1n) is 10.4. The van der Waals surface area contributed by atoms with Gasteiger partial charge in [0.15, 0.2) is 0 Å². The van der Waals surface area contributed by atoms with Crippen LogP contribution in [0.5, 0.6) is 0 Å². The third-order valence-corrected chi connectivity index (χ3v) is 8.63. The second kappa shape index (κ2) is 9.63. The molecule has 8 nitrogen and oxygen atoms in total. The van der Waals surface area contributed by atoms with Crippen molar-refractivity contribution in [2.45, 2.75) is 38.4 Å². The standard InChI is InChI=1S/C21H24N4O4S3/c1-2-10-32(28,29)25-14-8-6-13(7-9-14)22-18(26)12-30-11-17-23-20(27)19-15-4-3-5-16(15)31-21(19)24-17/h6-9,25H,2-5,10-12H2,1H3,(H,22,26)(H,23,24,27). The lowest BCUT2D eigenvalue weighted by atomic mass is 10.2. The normalized spacial score (nSPS) is 13.3. The number of aromatic amines is 1. The number of amides is 1. The van der Waals surface area contributed by atoms with Gasteiger partial charge in [-0.05, 0) is 55.5 Å². The van der Waals surface area contributed by atoms with Gasteiger partial charge in [-0.15, -0.1) is 23.1 Å². The Hall–Kier alpha value is -2.37. The van der Waals surface area contributed by atoms with Crippen LogP contribution in [0, 0.1) is 0 Å². The summed E-state index contributed by atoms with van der Waals surface area (Å²) in [6, 6.07) is 6.51. The number of thioether (sulfide) groups is 1. The number of aryl methyl sites for hydroxylation is 2. The molecule has 0 unspecified atom stereocenters. The molecule has 0 atom stereocenters. The number of hydrogen-bond donors (Lipinski definition) is 3. The predicted octanol–water partition coefficient (Wildman–Crippen LogP) is 3.50. The van der Waals surface area contributed by atoms with Gasteiger partial charge in [-0.2, -0.15) is 0 Å². The van der Waals surface area contributed by atoms with E-state index in [-0.39, 0.29) is 23.0 Å². The fraction of sp³-hybridized carbons (Fsp3) is 0.381. The Morgan fingerprint density at radius 2 is 1.97 bits per heavy atom. The molecule has 0 fully saturated rings. The summed E-state index contributed by atoms with van der Waals surface area (Å²) in [4.78, 5) is 34.2. The van der Waals surface area contributed by atoms with Crippen molar-refractivity contribution in [1.82, 2.24) is 9.97 Å². The minimum absolute atomic E-state index is 0.0601. The Kier molecular flexibility index (Phi) is 6.87. The molecule has 1 amide bonds. The van der Waals surface area contributed by atoms with E-state index in [1.54, 1.807) is 42.5 Å². The molecular weight excluding hydrogens is 468 g/mol. The van der Waals surface area contributed by atoms with Gasteiger partial charge in [0.25, 0.3) is 5.56 Å². The van der Waals surface area contributed by atoms with Crippen LogP contribution in [0.3, 0.4) is 0 Å². The van der Waals surface area contributed by atoms with Gasteiger partial charge >= 0.3 is 0 Å². The summed E-state index contributed by atoms with van der Waals surface area (Å²) in [5.41, 5.74) is 2.09. The van der Waals surface area contributed by atoms with E-state index in [0.717, 1.165) is 35.0 Å². The van der Waals surface area contributed by atoms with Crippen LogP contribution >= 0.6 is 23.1 Å². The van der Waals surface area contributed by atoms with Crippen molar-refractivity contribution in [3.05, 3.63) is 50.9 Å². The van der Waals surface area contributed by atoms with E-state index in [1.165, 1.54) is 16.6 Å². The van der Waals surface area contributed by atoms with Crippen LogP contribution in [0.15, 0.2) is 29.1 Å². The summed E-state index contributed by atoms with van der Waals surface area (Å²) < 4.78 is 26.1. The van der Waals surface area contributed by atoms with E-state index in [0.29, 0.717) is 29.4 Å². The minimum atomic E-state index is -3.35. The lowest BCUT2D eigenvalue weighted by molar-refractivity contribution is -0.113. The molecule has 0 spiro atoms. The van der Waals surface area contributed by atoms with Gasteiger partial charge in [-0.3, -0.25) is 14.3 Å². The number of anilines is 2. The molecule has 32 heavy (non-hydrogen) atoms. The van der Waals surface area contributed by atoms with Crippen molar-refractivity contribution in [3.8, 4) is 0 Å². The highest BCUT2D eigenvalue weighted by molar-refractivity contribution is 7.99. The maximum absolute atomic E-state index is 12.5. The smallest absolute Gasteiger partial charge is 0.259 e. The fourth-order valence-electron chi connectivity index (χ4n) is 3.67. The molecule has 1 aliphatic rings. The SMILES string of the molecule is CCCS(=O)(=O)Nc1ccc(NC(=O)CSCc2nc3sc4c(c3c(=O)[nH]2)CCC4)cc1. The van der Waals surface area contributed by atoms with Crippen LogP contribution in [0.25, 0.3) is 10.2 Å². The van der Waals surface area contributed by atoms with E-state index in [9.17, 15) is 18.0 Å².